The Morgan fingerprint density at radius 2 is 2.00 bits per heavy atom. The summed E-state index contributed by atoms with van der Waals surface area (Å²) >= 11 is 0. The molecule has 2 aliphatic heterocycles. The molecule has 4 amide bonds. The summed E-state index contributed by atoms with van der Waals surface area (Å²) in [6, 6.07) is -2.28. The van der Waals surface area contributed by atoms with Crippen molar-refractivity contribution in [1.82, 2.24) is 25.7 Å². The van der Waals surface area contributed by atoms with Crippen LogP contribution in [0.5, 0.6) is 0 Å². The highest BCUT2D eigenvalue weighted by atomic mass is 32.3. The fourth-order valence-corrected chi connectivity index (χ4v) is 3.09. The highest BCUT2D eigenvalue weighted by molar-refractivity contribution is 7.80. The molecule has 12 nitrogen and oxygen atoms in total. The third-order valence-electron chi connectivity index (χ3n) is 3.91. The van der Waals surface area contributed by atoms with Crippen LogP contribution in [0.3, 0.4) is 0 Å². The van der Waals surface area contributed by atoms with Crippen molar-refractivity contribution in [2.75, 3.05) is 27.2 Å². The van der Waals surface area contributed by atoms with Gasteiger partial charge in [-0.3, -0.25) is 25.0 Å². The number of carbonyl (C=O) groups is 3. The van der Waals surface area contributed by atoms with Gasteiger partial charge in [0.15, 0.2) is 0 Å². The Morgan fingerprint density at radius 3 is 2.60 bits per heavy atom. The zero-order valence-electron chi connectivity index (χ0n) is 13.8. The summed E-state index contributed by atoms with van der Waals surface area (Å²) < 4.78 is 34.6. The molecule has 13 heteroatoms. The molecule has 0 aromatic rings. The lowest BCUT2D eigenvalue weighted by Gasteiger charge is -2.29. The first kappa shape index (κ1) is 19.4. The van der Waals surface area contributed by atoms with Gasteiger partial charge in [-0.1, -0.05) is 0 Å². The number of piperidine rings is 1. The van der Waals surface area contributed by atoms with E-state index in [1.165, 1.54) is 0 Å². The summed E-state index contributed by atoms with van der Waals surface area (Å²) in [6.07, 6.45) is 0.768. The predicted octanol–water partition coefficient (Wildman–Crippen LogP) is -1.91. The topological polar surface area (TPSA) is 149 Å². The zero-order valence-corrected chi connectivity index (χ0v) is 14.7. The molecule has 0 spiro atoms. The lowest BCUT2D eigenvalue weighted by Crippen LogP contribution is -2.54. The van der Waals surface area contributed by atoms with E-state index in [-0.39, 0.29) is 25.3 Å². The van der Waals surface area contributed by atoms with Crippen LogP contribution in [0.15, 0.2) is 0 Å². The maximum atomic E-state index is 12.2. The van der Waals surface area contributed by atoms with Crippen LogP contribution in [0.25, 0.3) is 0 Å². The van der Waals surface area contributed by atoms with Gasteiger partial charge >= 0.3 is 16.4 Å². The second-order valence-corrected chi connectivity index (χ2v) is 7.11. The number of hydrazine groups is 1. The normalized spacial score (nSPS) is 23.1. The van der Waals surface area contributed by atoms with E-state index in [0.717, 1.165) is 4.90 Å². The zero-order chi connectivity index (χ0) is 18.8. The summed E-state index contributed by atoms with van der Waals surface area (Å²) in [6.45, 7) is 0.598. The van der Waals surface area contributed by atoms with Gasteiger partial charge in [-0.25, -0.2) is 4.79 Å². The lowest BCUT2D eigenvalue weighted by atomic mass is 10.0. The van der Waals surface area contributed by atoms with Gasteiger partial charge in [0.2, 0.25) is 5.91 Å². The maximum absolute atomic E-state index is 12.2. The van der Waals surface area contributed by atoms with Gasteiger partial charge in [-0.05, 0) is 26.9 Å². The van der Waals surface area contributed by atoms with Crippen molar-refractivity contribution in [3.05, 3.63) is 0 Å². The van der Waals surface area contributed by atoms with Gasteiger partial charge in [-0.2, -0.15) is 13.5 Å². The molecule has 0 aromatic heterocycles. The van der Waals surface area contributed by atoms with E-state index in [2.05, 4.69) is 15.1 Å². The first-order chi connectivity index (χ1) is 11.6. The molecule has 0 saturated carbocycles. The Kier molecular flexibility index (Phi) is 5.82. The first-order valence-electron chi connectivity index (χ1n) is 7.58. The van der Waals surface area contributed by atoms with Crippen LogP contribution in [0.1, 0.15) is 19.3 Å². The molecular formula is C12H21N5O7S. The van der Waals surface area contributed by atoms with Crippen LogP contribution in [-0.2, 0) is 24.3 Å². The number of rotatable bonds is 6. The van der Waals surface area contributed by atoms with Crippen LogP contribution >= 0.6 is 0 Å². The van der Waals surface area contributed by atoms with Gasteiger partial charge in [0.1, 0.15) is 6.04 Å². The number of hydrogen-bond acceptors (Lipinski definition) is 7. The average Bonchev–Trinajstić information content (AvgIpc) is 2.74. The van der Waals surface area contributed by atoms with Crippen molar-refractivity contribution in [2.24, 2.45) is 0 Å². The Morgan fingerprint density at radius 1 is 1.32 bits per heavy atom. The van der Waals surface area contributed by atoms with Crippen molar-refractivity contribution < 1.29 is 31.6 Å². The third kappa shape index (κ3) is 5.01. The Bertz CT molecular complexity index is 652. The van der Waals surface area contributed by atoms with Crippen LogP contribution in [0.4, 0.5) is 4.79 Å². The molecule has 2 rings (SSSR count). The lowest BCUT2D eigenvalue weighted by molar-refractivity contribution is -0.132. The number of hydroxylamine groups is 2. The molecule has 0 unspecified atom stereocenters. The van der Waals surface area contributed by atoms with Crippen molar-refractivity contribution in [3.63, 3.8) is 0 Å². The Hall–Kier alpha value is -1.96. The van der Waals surface area contributed by atoms with Crippen molar-refractivity contribution in [3.8, 4) is 0 Å². The second kappa shape index (κ2) is 7.51. The molecule has 25 heavy (non-hydrogen) atoms. The van der Waals surface area contributed by atoms with Crippen LogP contribution in [0.2, 0.25) is 0 Å². The first-order valence-corrected chi connectivity index (χ1v) is 8.95. The molecule has 2 fully saturated rings. The smallest absolute Gasteiger partial charge is 0.309 e. The third-order valence-corrected chi connectivity index (χ3v) is 4.26. The number of amides is 4. The van der Waals surface area contributed by atoms with Gasteiger partial charge < -0.3 is 9.80 Å². The quantitative estimate of drug-likeness (QED) is 0.357. The highest BCUT2D eigenvalue weighted by Crippen LogP contribution is 2.30. The summed E-state index contributed by atoms with van der Waals surface area (Å²) in [5, 5.41) is 0.554. The van der Waals surface area contributed by atoms with E-state index >= 15 is 0 Å². The number of nitrogens with zero attached hydrogens (tertiary/aromatic N) is 3. The molecule has 0 radical (unpaired) electrons. The van der Waals surface area contributed by atoms with Crippen molar-refractivity contribution >= 4 is 28.2 Å². The summed E-state index contributed by atoms with van der Waals surface area (Å²) in [4.78, 5) is 38.9. The summed E-state index contributed by atoms with van der Waals surface area (Å²) in [5.41, 5.74) is 4.54. The largest absolute Gasteiger partial charge is 0.418 e. The van der Waals surface area contributed by atoms with E-state index in [1.54, 1.807) is 0 Å². The molecule has 2 aliphatic rings. The molecule has 2 heterocycles. The summed E-state index contributed by atoms with van der Waals surface area (Å²) in [5.74, 6) is -0.960. The molecular weight excluding hydrogens is 358 g/mol. The van der Waals surface area contributed by atoms with Crippen LogP contribution in [-0.4, -0.2) is 84.9 Å². The fraction of sp³-hybridized carbons (Fsp3) is 0.750. The van der Waals surface area contributed by atoms with Gasteiger partial charge in [0.05, 0.1) is 6.04 Å². The van der Waals surface area contributed by atoms with Gasteiger partial charge in [-0.15, -0.1) is 4.28 Å². The maximum Gasteiger partial charge on any atom is 0.418 e. The van der Waals surface area contributed by atoms with E-state index < -0.39 is 34.4 Å². The number of fused-ring (bicyclic) bond motifs is 2. The van der Waals surface area contributed by atoms with Crippen molar-refractivity contribution in [2.45, 2.75) is 31.3 Å². The van der Waals surface area contributed by atoms with E-state index in [1.807, 2.05) is 19.0 Å². The minimum absolute atomic E-state index is 0.0843. The second-order valence-electron chi connectivity index (χ2n) is 6.10. The monoisotopic (exact) mass is 379 g/mol. The SMILES string of the molecule is CN(C)CCC(=O)NNC(=O)[C@H]1CC[C@H]2CN1C(=O)N2OS(=O)(=O)O. The number of urea groups is 1. The molecule has 2 atom stereocenters. The molecule has 2 bridgehead atoms. The summed E-state index contributed by atoms with van der Waals surface area (Å²) in [7, 11) is -1.22. The van der Waals surface area contributed by atoms with Gasteiger partial charge in [0.25, 0.3) is 5.91 Å². The molecule has 2 saturated heterocycles. The average molecular weight is 379 g/mol. The Balaban J connectivity index is 1.90. The highest BCUT2D eigenvalue weighted by Gasteiger charge is 2.49. The predicted molar refractivity (Wildman–Crippen MR) is 82.8 cm³/mol. The molecule has 0 aromatic carbocycles. The molecule has 0 aliphatic carbocycles. The van der Waals surface area contributed by atoms with E-state index in [0.29, 0.717) is 18.0 Å². The number of carbonyl (C=O) groups excluding carboxylic acids is 3. The minimum Gasteiger partial charge on any atom is -0.309 e. The van der Waals surface area contributed by atoms with Gasteiger partial charge in [0, 0.05) is 19.5 Å². The molecule has 142 valence electrons. The molecule has 3 N–H and O–H groups in total. The van der Waals surface area contributed by atoms with Crippen LogP contribution < -0.4 is 10.9 Å². The number of hydrogen-bond donors (Lipinski definition) is 3. The van der Waals surface area contributed by atoms with Crippen LogP contribution in [0, 0.1) is 0 Å². The number of nitrogens with one attached hydrogen (secondary N) is 2. The van der Waals surface area contributed by atoms with Crippen molar-refractivity contribution in [1.29, 1.82) is 0 Å². The standard InChI is InChI=1S/C12H21N5O7S/c1-15(2)6-5-10(18)13-14-11(19)9-4-3-8-7-16(9)12(20)17(8)24-25(21,22)23/h8-9H,3-7H2,1-2H3,(H,13,18)(H,14,19)(H,21,22,23)/t8-,9+/m0/s1. The fourth-order valence-electron chi connectivity index (χ4n) is 2.71. The van der Waals surface area contributed by atoms with E-state index in [9.17, 15) is 22.8 Å². The Labute approximate surface area is 144 Å². The van der Waals surface area contributed by atoms with E-state index in [4.69, 9.17) is 4.55 Å². The minimum atomic E-state index is -4.83.